The largest absolute Gasteiger partial charge is 0.474 e. The number of nitrogens with zero attached hydrogens (tertiary/aromatic N) is 3. The van der Waals surface area contributed by atoms with Gasteiger partial charge in [0, 0.05) is 40.3 Å². The summed E-state index contributed by atoms with van der Waals surface area (Å²) in [6.45, 7) is 0.412. The van der Waals surface area contributed by atoms with Crippen LogP contribution in [0.1, 0.15) is 0 Å². The van der Waals surface area contributed by atoms with Gasteiger partial charge in [-0.25, -0.2) is 4.79 Å². The van der Waals surface area contributed by atoms with E-state index in [9.17, 15) is 18.0 Å². The fourth-order valence-corrected chi connectivity index (χ4v) is 2.57. The van der Waals surface area contributed by atoms with Crippen LogP contribution in [0.3, 0.4) is 0 Å². The van der Waals surface area contributed by atoms with E-state index in [2.05, 4.69) is 0 Å². The van der Waals surface area contributed by atoms with Crippen LogP contribution >= 0.6 is 0 Å². The van der Waals surface area contributed by atoms with Crippen molar-refractivity contribution in [2.45, 2.75) is 0 Å². The van der Waals surface area contributed by atoms with Crippen molar-refractivity contribution in [3.63, 3.8) is 0 Å². The first kappa shape index (κ1) is 13.9. The lowest BCUT2D eigenvalue weighted by Crippen LogP contribution is -2.54. The molecular formula is C8H15N3O5S. The molecule has 1 aliphatic heterocycles. The third-order valence-corrected chi connectivity index (χ3v) is 4.44. The molecule has 0 saturated carbocycles. The van der Waals surface area contributed by atoms with Gasteiger partial charge in [-0.15, -0.1) is 0 Å². The molecule has 0 aliphatic carbocycles. The van der Waals surface area contributed by atoms with Crippen LogP contribution in [0.25, 0.3) is 0 Å². The molecule has 8 nitrogen and oxygen atoms in total. The molecule has 0 unspecified atom stereocenters. The molecule has 9 heteroatoms. The highest BCUT2D eigenvalue weighted by Crippen LogP contribution is 2.09. The van der Waals surface area contributed by atoms with Crippen molar-refractivity contribution in [3.8, 4) is 0 Å². The van der Waals surface area contributed by atoms with E-state index < -0.39 is 22.1 Å². The SMILES string of the molecule is CN(C)S(=O)(=O)N1CCN(C(=O)C(=O)O)CC1. The predicted octanol–water partition coefficient (Wildman–Crippen LogP) is -1.98. The molecule has 0 bridgehead atoms. The number of carbonyl (C=O) groups is 2. The van der Waals surface area contributed by atoms with Gasteiger partial charge in [-0.05, 0) is 0 Å². The van der Waals surface area contributed by atoms with Crippen molar-refractivity contribution >= 4 is 22.1 Å². The lowest BCUT2D eigenvalue weighted by molar-refractivity contribution is -0.156. The zero-order valence-electron chi connectivity index (χ0n) is 9.66. The lowest BCUT2D eigenvalue weighted by Gasteiger charge is -2.34. The summed E-state index contributed by atoms with van der Waals surface area (Å²) in [6.07, 6.45) is 0. The molecule has 0 atom stereocenters. The van der Waals surface area contributed by atoms with Gasteiger partial charge >= 0.3 is 11.9 Å². The van der Waals surface area contributed by atoms with E-state index in [1.54, 1.807) is 0 Å². The highest BCUT2D eigenvalue weighted by atomic mass is 32.2. The minimum Gasteiger partial charge on any atom is -0.474 e. The van der Waals surface area contributed by atoms with Gasteiger partial charge in [-0.3, -0.25) is 4.79 Å². The van der Waals surface area contributed by atoms with Crippen LogP contribution in [0.5, 0.6) is 0 Å². The lowest BCUT2D eigenvalue weighted by atomic mass is 10.3. The molecule has 1 amide bonds. The van der Waals surface area contributed by atoms with Crippen LogP contribution in [-0.4, -0.2) is 79.2 Å². The highest BCUT2D eigenvalue weighted by molar-refractivity contribution is 7.86. The summed E-state index contributed by atoms with van der Waals surface area (Å²) in [4.78, 5) is 22.7. The Morgan fingerprint density at radius 1 is 1.12 bits per heavy atom. The predicted molar refractivity (Wildman–Crippen MR) is 58.4 cm³/mol. The van der Waals surface area contributed by atoms with E-state index in [1.807, 2.05) is 0 Å². The minimum absolute atomic E-state index is 0.0954. The molecule has 1 aliphatic rings. The minimum atomic E-state index is -3.49. The molecule has 0 aromatic heterocycles. The summed E-state index contributed by atoms with van der Waals surface area (Å²) in [5, 5.41) is 8.52. The summed E-state index contributed by atoms with van der Waals surface area (Å²) < 4.78 is 25.8. The van der Waals surface area contributed by atoms with E-state index in [1.165, 1.54) is 18.4 Å². The number of hydrogen-bond acceptors (Lipinski definition) is 4. The molecule has 1 heterocycles. The van der Waals surface area contributed by atoms with Crippen molar-refractivity contribution in [2.75, 3.05) is 40.3 Å². The maximum atomic E-state index is 11.7. The van der Waals surface area contributed by atoms with Crippen molar-refractivity contribution in [1.82, 2.24) is 13.5 Å². The second-order valence-corrected chi connectivity index (χ2v) is 5.93. The van der Waals surface area contributed by atoms with Crippen LogP contribution in [0.4, 0.5) is 0 Å². The second-order valence-electron chi connectivity index (χ2n) is 3.79. The molecule has 0 radical (unpaired) electrons. The Bertz CT molecular complexity index is 411. The smallest absolute Gasteiger partial charge is 0.394 e. The zero-order chi connectivity index (χ0) is 13.2. The first-order valence-electron chi connectivity index (χ1n) is 4.96. The summed E-state index contributed by atoms with van der Waals surface area (Å²) in [7, 11) is -0.647. The molecule has 0 spiro atoms. The van der Waals surface area contributed by atoms with Gasteiger partial charge in [0.15, 0.2) is 0 Å². The van der Waals surface area contributed by atoms with Gasteiger partial charge in [-0.1, -0.05) is 0 Å². The number of carbonyl (C=O) groups excluding carboxylic acids is 1. The van der Waals surface area contributed by atoms with Crippen LogP contribution in [0.2, 0.25) is 0 Å². The summed E-state index contributed by atoms with van der Waals surface area (Å²) in [5.41, 5.74) is 0. The van der Waals surface area contributed by atoms with E-state index >= 15 is 0 Å². The molecule has 17 heavy (non-hydrogen) atoms. The fourth-order valence-electron chi connectivity index (χ4n) is 1.49. The number of amides is 1. The molecule has 1 fully saturated rings. The van der Waals surface area contributed by atoms with Gasteiger partial charge in [0.25, 0.3) is 10.2 Å². The Morgan fingerprint density at radius 3 is 1.94 bits per heavy atom. The van der Waals surface area contributed by atoms with Crippen molar-refractivity contribution in [2.24, 2.45) is 0 Å². The monoisotopic (exact) mass is 265 g/mol. The van der Waals surface area contributed by atoms with Gasteiger partial charge in [-0.2, -0.15) is 17.0 Å². The van der Waals surface area contributed by atoms with Crippen LogP contribution < -0.4 is 0 Å². The number of aliphatic carboxylic acids is 1. The Kier molecular flexibility index (Phi) is 4.07. The summed E-state index contributed by atoms with van der Waals surface area (Å²) in [6, 6.07) is 0. The number of hydrogen-bond donors (Lipinski definition) is 1. The average Bonchev–Trinajstić information content (AvgIpc) is 2.27. The van der Waals surface area contributed by atoms with E-state index in [0.717, 1.165) is 9.21 Å². The molecular weight excluding hydrogens is 250 g/mol. The molecule has 0 aromatic carbocycles. The van der Waals surface area contributed by atoms with Gasteiger partial charge in [0.2, 0.25) is 0 Å². The number of carboxylic acid groups (broad SMARTS) is 1. The summed E-state index contributed by atoms with van der Waals surface area (Å²) >= 11 is 0. The van der Waals surface area contributed by atoms with E-state index in [4.69, 9.17) is 5.11 Å². The third kappa shape index (κ3) is 2.93. The number of carboxylic acids is 1. The molecule has 98 valence electrons. The second kappa shape index (κ2) is 4.98. The quantitative estimate of drug-likeness (QED) is 0.583. The fraction of sp³-hybridized carbons (Fsp3) is 0.750. The molecule has 1 saturated heterocycles. The van der Waals surface area contributed by atoms with Gasteiger partial charge < -0.3 is 10.0 Å². The number of rotatable bonds is 2. The van der Waals surface area contributed by atoms with Gasteiger partial charge in [0.05, 0.1) is 0 Å². The Balaban J connectivity index is 2.64. The molecule has 1 rings (SSSR count). The van der Waals surface area contributed by atoms with E-state index in [0.29, 0.717) is 0 Å². The maximum absolute atomic E-state index is 11.7. The molecule has 1 N–H and O–H groups in total. The van der Waals surface area contributed by atoms with Crippen molar-refractivity contribution in [3.05, 3.63) is 0 Å². The Morgan fingerprint density at radius 2 is 1.59 bits per heavy atom. The zero-order valence-corrected chi connectivity index (χ0v) is 10.5. The number of piperazine rings is 1. The van der Waals surface area contributed by atoms with Crippen LogP contribution in [0, 0.1) is 0 Å². The van der Waals surface area contributed by atoms with Crippen molar-refractivity contribution in [1.29, 1.82) is 0 Å². The van der Waals surface area contributed by atoms with Crippen LogP contribution in [-0.2, 0) is 19.8 Å². The highest BCUT2D eigenvalue weighted by Gasteiger charge is 2.31. The van der Waals surface area contributed by atoms with Crippen molar-refractivity contribution < 1.29 is 23.1 Å². The van der Waals surface area contributed by atoms with Gasteiger partial charge in [0.1, 0.15) is 0 Å². The topological polar surface area (TPSA) is 98.2 Å². The summed E-state index contributed by atoms with van der Waals surface area (Å²) in [5.74, 6) is -2.51. The Hall–Kier alpha value is -1.19. The first-order valence-corrected chi connectivity index (χ1v) is 6.36. The normalized spacial score (nSPS) is 18.4. The maximum Gasteiger partial charge on any atom is 0.394 e. The molecule has 0 aromatic rings. The van der Waals surface area contributed by atoms with Crippen LogP contribution in [0.15, 0.2) is 0 Å². The third-order valence-electron chi connectivity index (χ3n) is 2.50. The van der Waals surface area contributed by atoms with E-state index in [-0.39, 0.29) is 26.2 Å². The standard InChI is InChI=1S/C8H15N3O5S/c1-9(2)17(15,16)11-5-3-10(4-6-11)7(12)8(13)14/h3-6H2,1-2H3,(H,13,14). The first-order chi connectivity index (χ1) is 7.76. The average molecular weight is 265 g/mol. The Labute approximate surface area is 99.6 Å².